The summed E-state index contributed by atoms with van der Waals surface area (Å²) in [6.07, 6.45) is -5.39. The fraction of sp³-hybridized carbons (Fsp3) is 0.273. The summed E-state index contributed by atoms with van der Waals surface area (Å²) < 4.78 is 40.9. The molecule has 0 unspecified atom stereocenters. The Hall–Kier alpha value is -2.70. The number of nitrogens with one attached hydrogen (secondary N) is 1. The highest BCUT2D eigenvalue weighted by Crippen LogP contribution is 2.20. The maximum atomic E-state index is 12.4. The van der Waals surface area contributed by atoms with Crippen LogP contribution in [0.1, 0.15) is 49.0 Å². The Labute approximate surface area is 176 Å². The molecule has 28 heavy (non-hydrogen) atoms. The number of aryl methyl sites for hydroxylation is 1. The van der Waals surface area contributed by atoms with Crippen molar-refractivity contribution in [3.63, 3.8) is 0 Å². The zero-order chi connectivity index (χ0) is 24.3. The van der Waals surface area contributed by atoms with Crippen LogP contribution in [0, 0.1) is 0 Å². The van der Waals surface area contributed by atoms with Gasteiger partial charge in [-0.25, -0.2) is 4.98 Å². The van der Waals surface area contributed by atoms with E-state index in [0.29, 0.717) is 16.8 Å². The average Bonchev–Trinajstić information content (AvgIpc) is 3.21. The average molecular weight is 401 g/mol. The molecular formula is C22H25N3O2S. The molecule has 5 nitrogen and oxygen atoms in total. The molecule has 6 heteroatoms. The second kappa shape index (κ2) is 10.0. The summed E-state index contributed by atoms with van der Waals surface area (Å²) in [7, 11) is 0. The van der Waals surface area contributed by atoms with Gasteiger partial charge in [0.15, 0.2) is 5.13 Å². The van der Waals surface area contributed by atoms with Crippen LogP contribution in [0.4, 0.5) is 10.8 Å². The predicted molar refractivity (Wildman–Crippen MR) is 114 cm³/mol. The van der Waals surface area contributed by atoms with E-state index in [0.717, 1.165) is 11.3 Å². The number of aliphatic hydroxyl groups is 1. The predicted octanol–water partition coefficient (Wildman–Crippen LogP) is 4.35. The molecule has 0 saturated heterocycles. The third-order valence-electron chi connectivity index (χ3n) is 3.93. The lowest BCUT2D eigenvalue weighted by Crippen LogP contribution is -2.14. The fourth-order valence-corrected chi connectivity index (χ4v) is 3.05. The van der Waals surface area contributed by atoms with Crippen molar-refractivity contribution in [1.82, 2.24) is 4.98 Å². The van der Waals surface area contributed by atoms with Gasteiger partial charge in [0, 0.05) is 16.6 Å². The molecule has 0 bridgehead atoms. The van der Waals surface area contributed by atoms with Crippen molar-refractivity contribution in [2.45, 2.75) is 38.1 Å². The van der Waals surface area contributed by atoms with Gasteiger partial charge in [0.05, 0.1) is 19.5 Å². The highest BCUT2D eigenvalue weighted by molar-refractivity contribution is 7.13. The Kier molecular flexibility index (Phi) is 5.12. The third-order valence-corrected chi connectivity index (χ3v) is 4.61. The SMILES string of the molecule is [2H]C([2H])(CCC[C@]([2H])(O)c1ccccc1)c1ccc(NC(=O)C([2H])([2H])c2csc(N)n2)cc1. The Morgan fingerprint density at radius 1 is 1.21 bits per heavy atom. The number of benzene rings is 2. The fourth-order valence-electron chi connectivity index (χ4n) is 2.56. The highest BCUT2D eigenvalue weighted by atomic mass is 32.1. The molecule has 1 aromatic heterocycles. The van der Waals surface area contributed by atoms with Crippen LogP contribution in [0.2, 0.25) is 0 Å². The largest absolute Gasteiger partial charge is 0.388 e. The summed E-state index contributed by atoms with van der Waals surface area (Å²) in [5.74, 6) is -0.904. The number of rotatable bonds is 9. The summed E-state index contributed by atoms with van der Waals surface area (Å²) in [5.41, 5.74) is 6.61. The van der Waals surface area contributed by atoms with Gasteiger partial charge in [0.1, 0.15) is 0 Å². The molecule has 1 amide bonds. The smallest absolute Gasteiger partial charge is 0.230 e. The van der Waals surface area contributed by atoms with E-state index in [9.17, 15) is 9.90 Å². The third kappa shape index (κ3) is 6.18. The topological polar surface area (TPSA) is 88.2 Å². The van der Waals surface area contributed by atoms with E-state index in [1.807, 2.05) is 0 Å². The van der Waals surface area contributed by atoms with Crippen LogP contribution in [0.3, 0.4) is 0 Å². The van der Waals surface area contributed by atoms with Crippen LogP contribution in [-0.2, 0) is 17.5 Å². The second-order valence-corrected chi connectivity index (χ2v) is 6.96. The van der Waals surface area contributed by atoms with E-state index >= 15 is 0 Å². The van der Waals surface area contributed by atoms with Crippen LogP contribution in [0.15, 0.2) is 60.0 Å². The van der Waals surface area contributed by atoms with Gasteiger partial charge in [0.2, 0.25) is 5.91 Å². The highest BCUT2D eigenvalue weighted by Gasteiger charge is 2.08. The van der Waals surface area contributed by atoms with Gasteiger partial charge >= 0.3 is 0 Å². The van der Waals surface area contributed by atoms with Crippen LogP contribution < -0.4 is 11.1 Å². The van der Waals surface area contributed by atoms with Crippen molar-refractivity contribution in [3.8, 4) is 0 Å². The molecule has 1 atom stereocenters. The minimum absolute atomic E-state index is 0.0692. The zero-order valence-electron chi connectivity index (χ0n) is 20.2. The number of hydrogen-bond acceptors (Lipinski definition) is 5. The first kappa shape index (κ1) is 14.3. The van der Waals surface area contributed by atoms with E-state index < -0.39 is 24.7 Å². The molecule has 0 fully saturated rings. The molecule has 1 heterocycles. The number of hydrogen-bond donors (Lipinski definition) is 3. The Bertz CT molecular complexity index is 1090. The second-order valence-electron chi connectivity index (χ2n) is 6.07. The van der Waals surface area contributed by atoms with Crippen molar-refractivity contribution in [1.29, 1.82) is 0 Å². The lowest BCUT2D eigenvalue weighted by Gasteiger charge is -2.10. The molecule has 3 aromatic rings. The lowest BCUT2D eigenvalue weighted by molar-refractivity contribution is -0.115. The normalized spacial score (nSPS) is 16.7. The number of nitrogen functional groups attached to an aromatic ring is 1. The molecule has 3 rings (SSSR count). The number of nitrogens with two attached hydrogens (primary N) is 1. The first-order valence-corrected chi connectivity index (χ1v) is 9.71. The number of anilines is 2. The Morgan fingerprint density at radius 3 is 2.64 bits per heavy atom. The summed E-state index contributed by atoms with van der Waals surface area (Å²) in [6.45, 7) is 0. The van der Waals surface area contributed by atoms with E-state index in [2.05, 4.69) is 10.3 Å². The van der Waals surface area contributed by atoms with Crippen molar-refractivity contribution in [3.05, 3.63) is 76.8 Å². The monoisotopic (exact) mass is 400 g/mol. The van der Waals surface area contributed by atoms with Gasteiger partial charge in [-0.1, -0.05) is 48.9 Å². The van der Waals surface area contributed by atoms with E-state index in [-0.39, 0.29) is 30.1 Å². The Morgan fingerprint density at radius 2 is 1.96 bits per heavy atom. The molecule has 0 radical (unpaired) electrons. The van der Waals surface area contributed by atoms with Gasteiger partial charge in [0.25, 0.3) is 0 Å². The molecule has 0 saturated carbocycles. The molecule has 0 aliphatic rings. The van der Waals surface area contributed by atoms with Gasteiger partial charge in [-0.3, -0.25) is 4.79 Å². The van der Waals surface area contributed by atoms with Crippen molar-refractivity contribution < 1.29 is 16.8 Å². The number of carbonyl (C=O) groups excluding carboxylic acids is 1. The van der Waals surface area contributed by atoms with Crippen LogP contribution in [0.5, 0.6) is 0 Å². The molecule has 2 aromatic carbocycles. The number of nitrogens with zero attached hydrogens (tertiary/aromatic N) is 1. The summed E-state index contributed by atoms with van der Waals surface area (Å²) in [5, 5.41) is 14.4. The first-order chi connectivity index (χ1) is 15.4. The molecule has 0 aliphatic heterocycles. The lowest BCUT2D eigenvalue weighted by atomic mass is 10.0. The maximum Gasteiger partial charge on any atom is 0.230 e. The van der Waals surface area contributed by atoms with Crippen molar-refractivity contribution in [2.75, 3.05) is 11.1 Å². The number of thiazole rings is 1. The summed E-state index contributed by atoms with van der Waals surface area (Å²) in [4.78, 5) is 16.2. The van der Waals surface area contributed by atoms with Gasteiger partial charge in [-0.2, -0.15) is 0 Å². The quantitative estimate of drug-likeness (QED) is 0.498. The van der Waals surface area contributed by atoms with Gasteiger partial charge < -0.3 is 16.2 Å². The molecule has 0 aliphatic carbocycles. The molecular weight excluding hydrogens is 370 g/mol. The molecule has 4 N–H and O–H groups in total. The number of aromatic nitrogens is 1. The summed E-state index contributed by atoms with van der Waals surface area (Å²) in [6, 6.07) is 14.7. The van der Waals surface area contributed by atoms with E-state index in [1.54, 1.807) is 30.3 Å². The van der Waals surface area contributed by atoms with Crippen LogP contribution in [-0.4, -0.2) is 16.0 Å². The molecule has 146 valence electrons. The zero-order valence-corrected chi connectivity index (χ0v) is 16.0. The first-order valence-electron chi connectivity index (χ1n) is 11.3. The van der Waals surface area contributed by atoms with E-state index in [1.165, 1.54) is 29.6 Å². The Balaban J connectivity index is 1.59. The minimum Gasteiger partial charge on any atom is -0.388 e. The standard InChI is InChI=1S/C22H25N3O2S/c23-22-25-19(15-28-22)14-21(27)24-18-12-10-16(11-13-18)6-4-5-9-20(26)17-7-2-1-3-8-17/h1-3,7-8,10-13,15,20,26H,4-6,9,14H2,(H2,23,25)(H,24,27)/t20-/m0/s1/i6D2,14D2,20D. The van der Waals surface area contributed by atoms with E-state index in [4.69, 9.17) is 12.6 Å². The summed E-state index contributed by atoms with van der Waals surface area (Å²) >= 11 is 1.04. The maximum absolute atomic E-state index is 12.4. The van der Waals surface area contributed by atoms with Gasteiger partial charge in [-0.15, -0.1) is 11.3 Å². The molecule has 0 spiro atoms. The minimum atomic E-state index is -2.37. The van der Waals surface area contributed by atoms with Crippen molar-refractivity contribution in [2.24, 2.45) is 0 Å². The van der Waals surface area contributed by atoms with Gasteiger partial charge in [-0.05, 0) is 42.5 Å². The van der Waals surface area contributed by atoms with Crippen molar-refractivity contribution >= 4 is 28.1 Å². The number of amides is 1. The van der Waals surface area contributed by atoms with Crippen LogP contribution in [0.25, 0.3) is 0 Å². The number of carbonyl (C=O) groups is 1. The van der Waals surface area contributed by atoms with Crippen LogP contribution >= 0.6 is 11.3 Å².